The Balaban J connectivity index is 0.00000117. The molecule has 29 heavy (non-hydrogen) atoms. The van der Waals surface area contributed by atoms with Crippen molar-refractivity contribution in [2.75, 3.05) is 0 Å². The van der Waals surface area contributed by atoms with Gasteiger partial charge in [-0.2, -0.15) is 5.48 Å². The number of hydroxylamine groups is 1. The van der Waals surface area contributed by atoms with Crippen LogP contribution in [0.4, 0.5) is 0 Å². The molecule has 0 aliphatic rings. The summed E-state index contributed by atoms with van der Waals surface area (Å²) in [5.74, 6) is 0.822. The summed E-state index contributed by atoms with van der Waals surface area (Å²) in [5, 5.41) is 0. The fourth-order valence-corrected chi connectivity index (χ4v) is 3.10. The Kier molecular flexibility index (Phi) is 7.62. The van der Waals surface area contributed by atoms with Crippen molar-refractivity contribution in [2.24, 2.45) is 0 Å². The molecule has 146 valence electrons. The van der Waals surface area contributed by atoms with Crippen LogP contribution in [0.2, 0.25) is 0 Å². The zero-order valence-corrected chi connectivity index (χ0v) is 17.0. The molecule has 0 radical (unpaired) electrons. The van der Waals surface area contributed by atoms with E-state index < -0.39 is 0 Å². The second-order valence-electron chi connectivity index (χ2n) is 6.35. The van der Waals surface area contributed by atoms with E-state index in [2.05, 4.69) is 72.2 Å². The minimum absolute atomic E-state index is 0.629. The van der Waals surface area contributed by atoms with Crippen LogP contribution in [0.3, 0.4) is 0 Å². The van der Waals surface area contributed by atoms with Gasteiger partial charge in [-0.15, -0.1) is 0 Å². The predicted octanol–water partition coefficient (Wildman–Crippen LogP) is 7.13. The van der Waals surface area contributed by atoms with E-state index in [1.165, 1.54) is 16.7 Å². The summed E-state index contributed by atoms with van der Waals surface area (Å²) < 4.78 is 0. The Morgan fingerprint density at radius 2 is 1.17 bits per heavy atom. The second-order valence-corrected chi connectivity index (χ2v) is 6.35. The highest BCUT2D eigenvalue weighted by atomic mass is 16.6. The Hall–Kier alpha value is -3.36. The Labute approximate surface area is 173 Å². The van der Waals surface area contributed by atoms with Crippen LogP contribution in [-0.4, -0.2) is 0 Å². The van der Waals surface area contributed by atoms with Crippen molar-refractivity contribution >= 4 is 0 Å². The molecule has 2 heteroatoms. The van der Waals surface area contributed by atoms with Gasteiger partial charge in [-0.05, 0) is 34.4 Å². The maximum atomic E-state index is 5.89. The summed E-state index contributed by atoms with van der Waals surface area (Å²) in [7, 11) is 0. The lowest BCUT2D eigenvalue weighted by Crippen LogP contribution is -2.18. The molecule has 0 saturated heterocycles. The molecule has 0 amide bonds. The minimum Gasteiger partial charge on any atom is -0.408 e. The van der Waals surface area contributed by atoms with Crippen LogP contribution < -0.4 is 10.3 Å². The highest BCUT2D eigenvalue weighted by Crippen LogP contribution is 2.29. The third-order valence-electron chi connectivity index (χ3n) is 4.46. The first-order valence-corrected chi connectivity index (χ1v) is 10.1. The van der Waals surface area contributed by atoms with Crippen LogP contribution in [0, 0.1) is 0 Å². The molecule has 0 aliphatic carbocycles. The van der Waals surface area contributed by atoms with E-state index in [4.69, 9.17) is 4.84 Å². The number of rotatable bonds is 6. The quantitative estimate of drug-likeness (QED) is 0.359. The topological polar surface area (TPSA) is 21.3 Å². The number of benzene rings is 4. The maximum absolute atomic E-state index is 5.89. The van der Waals surface area contributed by atoms with Crippen molar-refractivity contribution in [1.29, 1.82) is 0 Å². The molecule has 0 spiro atoms. The molecule has 0 aromatic heterocycles. The fraction of sp³-hybridized carbons (Fsp3) is 0.111. The van der Waals surface area contributed by atoms with E-state index in [-0.39, 0.29) is 0 Å². The fourth-order valence-electron chi connectivity index (χ4n) is 3.10. The van der Waals surface area contributed by atoms with Gasteiger partial charge >= 0.3 is 0 Å². The van der Waals surface area contributed by atoms with Gasteiger partial charge in [-0.25, -0.2) is 0 Å². The number of nitrogens with one attached hydrogen (secondary N) is 1. The van der Waals surface area contributed by atoms with Gasteiger partial charge < -0.3 is 4.84 Å². The molecule has 0 bridgehead atoms. The van der Waals surface area contributed by atoms with Gasteiger partial charge in [0.25, 0.3) is 0 Å². The van der Waals surface area contributed by atoms with Crippen LogP contribution >= 0.6 is 0 Å². The van der Waals surface area contributed by atoms with Crippen LogP contribution in [0.25, 0.3) is 22.3 Å². The van der Waals surface area contributed by atoms with Crippen LogP contribution in [0.1, 0.15) is 19.4 Å². The van der Waals surface area contributed by atoms with Gasteiger partial charge in [0.15, 0.2) is 5.75 Å². The largest absolute Gasteiger partial charge is 0.408 e. The van der Waals surface area contributed by atoms with Gasteiger partial charge in [-0.3, -0.25) is 0 Å². The molecule has 0 atom stereocenters. The minimum atomic E-state index is 0.629. The summed E-state index contributed by atoms with van der Waals surface area (Å²) >= 11 is 0. The van der Waals surface area contributed by atoms with Gasteiger partial charge in [-0.1, -0.05) is 111 Å². The highest BCUT2D eigenvalue weighted by Gasteiger charge is 2.06. The lowest BCUT2D eigenvalue weighted by molar-refractivity contribution is 0.192. The van der Waals surface area contributed by atoms with Crippen molar-refractivity contribution in [3.05, 3.63) is 115 Å². The Bertz CT molecular complexity index is 997. The van der Waals surface area contributed by atoms with Gasteiger partial charge in [0.05, 0.1) is 6.54 Å². The van der Waals surface area contributed by atoms with Crippen molar-refractivity contribution in [2.45, 2.75) is 20.4 Å². The third-order valence-corrected chi connectivity index (χ3v) is 4.46. The second kappa shape index (κ2) is 10.8. The SMILES string of the molecule is CC.c1ccc(-c2cccc(CNOc3ccccc3-c3ccccc3)c2)cc1. The molecule has 4 aromatic carbocycles. The van der Waals surface area contributed by atoms with Crippen molar-refractivity contribution in [3.8, 4) is 28.0 Å². The standard InChI is InChI=1S/C25H21NO.C2H6/c1-3-11-21(12-4-1)23-15-9-10-20(18-23)19-26-27-25-17-8-7-16-24(25)22-13-5-2-6-14-22;1-2/h1-18,26H,19H2;1-2H3. The van der Waals surface area contributed by atoms with E-state index in [1.807, 2.05) is 56.3 Å². The molecule has 0 fully saturated rings. The van der Waals surface area contributed by atoms with E-state index in [0.717, 1.165) is 16.9 Å². The summed E-state index contributed by atoms with van der Waals surface area (Å²) in [6.07, 6.45) is 0. The van der Waals surface area contributed by atoms with E-state index in [9.17, 15) is 0 Å². The van der Waals surface area contributed by atoms with E-state index >= 15 is 0 Å². The van der Waals surface area contributed by atoms with Gasteiger partial charge in [0, 0.05) is 5.56 Å². The number of para-hydroxylation sites is 1. The van der Waals surface area contributed by atoms with Crippen molar-refractivity contribution in [1.82, 2.24) is 5.48 Å². The smallest absolute Gasteiger partial charge is 0.154 e. The zero-order valence-electron chi connectivity index (χ0n) is 17.0. The molecule has 0 saturated carbocycles. The van der Waals surface area contributed by atoms with Crippen LogP contribution in [0.5, 0.6) is 5.75 Å². The van der Waals surface area contributed by atoms with Gasteiger partial charge in [0.1, 0.15) is 0 Å². The first-order chi connectivity index (χ1) is 14.4. The molecular formula is C27H27NO. The van der Waals surface area contributed by atoms with Gasteiger partial charge in [0.2, 0.25) is 0 Å². The molecule has 0 heterocycles. The Morgan fingerprint density at radius 3 is 1.90 bits per heavy atom. The average molecular weight is 382 g/mol. The van der Waals surface area contributed by atoms with E-state index in [0.29, 0.717) is 6.54 Å². The molecule has 2 nitrogen and oxygen atoms in total. The normalized spacial score (nSPS) is 10.0. The molecular weight excluding hydrogens is 354 g/mol. The van der Waals surface area contributed by atoms with E-state index in [1.54, 1.807) is 0 Å². The third kappa shape index (κ3) is 5.56. The summed E-state index contributed by atoms with van der Waals surface area (Å²) in [6.45, 7) is 4.63. The number of hydrogen-bond donors (Lipinski definition) is 1. The lowest BCUT2D eigenvalue weighted by atomic mass is 10.0. The Morgan fingerprint density at radius 1 is 0.586 bits per heavy atom. The molecule has 0 unspecified atom stereocenters. The molecule has 0 aliphatic heterocycles. The molecule has 1 N–H and O–H groups in total. The zero-order chi connectivity index (χ0) is 20.3. The summed E-state index contributed by atoms with van der Waals surface area (Å²) in [5.41, 5.74) is 8.92. The van der Waals surface area contributed by atoms with Crippen molar-refractivity contribution < 1.29 is 4.84 Å². The maximum Gasteiger partial charge on any atom is 0.154 e. The summed E-state index contributed by atoms with van der Waals surface area (Å²) in [4.78, 5) is 5.89. The first kappa shape index (κ1) is 20.4. The number of hydrogen-bond acceptors (Lipinski definition) is 2. The predicted molar refractivity (Wildman–Crippen MR) is 123 cm³/mol. The molecule has 4 aromatic rings. The highest BCUT2D eigenvalue weighted by molar-refractivity contribution is 5.70. The van der Waals surface area contributed by atoms with Crippen LogP contribution in [0.15, 0.2) is 109 Å². The van der Waals surface area contributed by atoms with Crippen LogP contribution in [-0.2, 0) is 6.54 Å². The molecule has 4 rings (SSSR count). The lowest BCUT2D eigenvalue weighted by Gasteiger charge is -2.12. The van der Waals surface area contributed by atoms with Crippen molar-refractivity contribution in [3.63, 3.8) is 0 Å². The average Bonchev–Trinajstić information content (AvgIpc) is 2.82. The monoisotopic (exact) mass is 381 g/mol. The summed E-state index contributed by atoms with van der Waals surface area (Å²) in [6, 6.07) is 37.2. The first-order valence-electron chi connectivity index (χ1n) is 10.1.